The number of benzene rings is 1. The van der Waals surface area contributed by atoms with E-state index in [1.807, 2.05) is 44.5 Å². The Bertz CT molecular complexity index is 1080. The molecule has 1 N–H and O–H groups in total. The number of fused-ring (bicyclic) bond motifs is 1. The maximum Gasteiger partial charge on any atom is 0.336 e. The van der Waals surface area contributed by atoms with Crippen molar-refractivity contribution in [2.45, 2.75) is 40.7 Å². The largest absolute Gasteiger partial charge is 0.423 e. The fourth-order valence-corrected chi connectivity index (χ4v) is 3.27. The van der Waals surface area contributed by atoms with E-state index in [2.05, 4.69) is 10.4 Å². The molecular formula is C21H26N4O3. The summed E-state index contributed by atoms with van der Waals surface area (Å²) >= 11 is 0. The van der Waals surface area contributed by atoms with Crippen LogP contribution >= 0.6 is 0 Å². The maximum absolute atomic E-state index is 12.6. The first-order valence-electron chi connectivity index (χ1n) is 9.33. The van der Waals surface area contributed by atoms with Gasteiger partial charge in [0.25, 0.3) is 0 Å². The van der Waals surface area contributed by atoms with Gasteiger partial charge in [0.2, 0.25) is 0 Å². The summed E-state index contributed by atoms with van der Waals surface area (Å²) in [6, 6.07) is 6.95. The Hall–Kier alpha value is -3.09. The normalized spacial score (nSPS) is 11.0. The number of carbonyl (C=O) groups is 1. The van der Waals surface area contributed by atoms with Crippen LogP contribution in [0, 0.1) is 27.7 Å². The van der Waals surface area contributed by atoms with Crippen LogP contribution in [0.25, 0.3) is 11.0 Å². The van der Waals surface area contributed by atoms with Crippen molar-refractivity contribution in [1.29, 1.82) is 0 Å². The fourth-order valence-electron chi connectivity index (χ4n) is 3.27. The molecule has 1 aromatic carbocycles. The van der Waals surface area contributed by atoms with Crippen LogP contribution in [0.4, 0.5) is 10.5 Å². The van der Waals surface area contributed by atoms with E-state index in [-0.39, 0.29) is 11.7 Å². The Balaban J connectivity index is 1.65. The zero-order chi connectivity index (χ0) is 20.4. The van der Waals surface area contributed by atoms with Crippen LogP contribution in [0.3, 0.4) is 0 Å². The Morgan fingerprint density at radius 2 is 1.89 bits per heavy atom. The molecule has 2 aromatic heterocycles. The van der Waals surface area contributed by atoms with Crippen LogP contribution in [-0.4, -0.2) is 34.3 Å². The van der Waals surface area contributed by atoms with Crippen LogP contribution in [0.1, 0.15) is 28.9 Å². The van der Waals surface area contributed by atoms with E-state index in [9.17, 15) is 9.59 Å². The van der Waals surface area contributed by atoms with E-state index >= 15 is 0 Å². The first-order valence-corrected chi connectivity index (χ1v) is 9.33. The highest BCUT2D eigenvalue weighted by Crippen LogP contribution is 2.25. The minimum atomic E-state index is -0.372. The van der Waals surface area contributed by atoms with Gasteiger partial charge in [0, 0.05) is 43.0 Å². The molecule has 0 spiro atoms. The summed E-state index contributed by atoms with van der Waals surface area (Å²) in [5, 5.41) is 8.21. The number of anilines is 1. The van der Waals surface area contributed by atoms with Crippen molar-refractivity contribution in [3.63, 3.8) is 0 Å². The van der Waals surface area contributed by atoms with Gasteiger partial charge < -0.3 is 14.6 Å². The standard InChI is InChI=1S/C21H26N4O3/c1-13-10-20(26)28-19-9-14(2)18(12-17(13)19)22-21(27)24(5)7-6-8-25-16(4)11-15(3)23-25/h9-12H,6-8H2,1-5H3,(H,22,27). The van der Waals surface area contributed by atoms with Gasteiger partial charge in [-0.15, -0.1) is 0 Å². The third kappa shape index (κ3) is 4.24. The summed E-state index contributed by atoms with van der Waals surface area (Å²) in [7, 11) is 1.77. The number of nitrogens with one attached hydrogen (secondary N) is 1. The summed E-state index contributed by atoms with van der Waals surface area (Å²) in [5.41, 5.74) is 4.65. The molecule has 148 valence electrons. The quantitative estimate of drug-likeness (QED) is 0.681. The first kappa shape index (κ1) is 19.7. The molecule has 2 amide bonds. The molecule has 0 fully saturated rings. The van der Waals surface area contributed by atoms with E-state index < -0.39 is 0 Å². The van der Waals surface area contributed by atoms with Crippen LogP contribution in [0.5, 0.6) is 0 Å². The number of hydrogen-bond donors (Lipinski definition) is 1. The SMILES string of the molecule is Cc1cc(C)n(CCCN(C)C(=O)Nc2cc3c(C)cc(=O)oc3cc2C)n1. The molecule has 0 radical (unpaired) electrons. The number of aromatic nitrogens is 2. The lowest BCUT2D eigenvalue weighted by Gasteiger charge is -2.19. The second-order valence-electron chi connectivity index (χ2n) is 7.27. The fraction of sp³-hybridized carbons (Fsp3) is 0.381. The van der Waals surface area contributed by atoms with Gasteiger partial charge in [-0.05, 0) is 63.4 Å². The Kier molecular flexibility index (Phi) is 5.53. The van der Waals surface area contributed by atoms with Gasteiger partial charge in [-0.1, -0.05) is 0 Å². The number of amides is 2. The molecule has 7 nitrogen and oxygen atoms in total. The van der Waals surface area contributed by atoms with Gasteiger partial charge in [0.1, 0.15) is 5.58 Å². The number of aryl methyl sites for hydroxylation is 5. The lowest BCUT2D eigenvalue weighted by atomic mass is 10.1. The Morgan fingerprint density at radius 1 is 1.14 bits per heavy atom. The average Bonchev–Trinajstić information content (AvgIpc) is 2.93. The second kappa shape index (κ2) is 7.88. The summed E-state index contributed by atoms with van der Waals surface area (Å²) in [5.74, 6) is 0. The summed E-state index contributed by atoms with van der Waals surface area (Å²) in [6.07, 6.45) is 0.812. The highest BCUT2D eigenvalue weighted by molar-refractivity contribution is 5.94. The summed E-state index contributed by atoms with van der Waals surface area (Å²) < 4.78 is 7.21. The topological polar surface area (TPSA) is 80.4 Å². The van der Waals surface area contributed by atoms with E-state index in [1.165, 1.54) is 6.07 Å². The molecule has 7 heteroatoms. The number of nitrogens with zero attached hydrogens (tertiary/aromatic N) is 3. The molecule has 2 heterocycles. The zero-order valence-corrected chi connectivity index (χ0v) is 17.0. The number of urea groups is 1. The molecule has 0 saturated heterocycles. The Morgan fingerprint density at radius 3 is 2.57 bits per heavy atom. The van der Waals surface area contributed by atoms with Crippen molar-refractivity contribution in [3.05, 3.63) is 57.2 Å². The first-order chi connectivity index (χ1) is 13.2. The van der Waals surface area contributed by atoms with Crippen LogP contribution < -0.4 is 10.9 Å². The minimum absolute atomic E-state index is 0.175. The summed E-state index contributed by atoms with van der Waals surface area (Å²) in [4.78, 5) is 25.8. The predicted octanol–water partition coefficient (Wildman–Crippen LogP) is 3.78. The number of rotatable bonds is 5. The Labute approximate surface area is 163 Å². The van der Waals surface area contributed by atoms with Crippen molar-refractivity contribution in [1.82, 2.24) is 14.7 Å². The van der Waals surface area contributed by atoms with Gasteiger partial charge in [-0.25, -0.2) is 9.59 Å². The van der Waals surface area contributed by atoms with Gasteiger partial charge in [0.05, 0.1) is 5.69 Å². The van der Waals surface area contributed by atoms with E-state index in [0.717, 1.165) is 40.9 Å². The third-order valence-electron chi connectivity index (χ3n) is 4.85. The van der Waals surface area contributed by atoms with E-state index in [1.54, 1.807) is 18.0 Å². The van der Waals surface area contributed by atoms with Crippen LogP contribution in [0.15, 0.2) is 33.5 Å². The number of carbonyl (C=O) groups excluding carboxylic acids is 1. The van der Waals surface area contributed by atoms with E-state index in [4.69, 9.17) is 4.42 Å². The molecule has 0 aliphatic heterocycles. The molecule has 28 heavy (non-hydrogen) atoms. The molecular weight excluding hydrogens is 356 g/mol. The average molecular weight is 382 g/mol. The van der Waals surface area contributed by atoms with Crippen molar-refractivity contribution < 1.29 is 9.21 Å². The van der Waals surface area contributed by atoms with Gasteiger partial charge >= 0.3 is 11.7 Å². The van der Waals surface area contributed by atoms with Gasteiger partial charge in [-0.3, -0.25) is 4.68 Å². The molecule has 0 saturated carbocycles. The molecule has 3 aromatic rings. The lowest BCUT2D eigenvalue weighted by molar-refractivity contribution is 0.221. The molecule has 3 rings (SSSR count). The lowest BCUT2D eigenvalue weighted by Crippen LogP contribution is -2.32. The van der Waals surface area contributed by atoms with Crippen molar-refractivity contribution in [2.24, 2.45) is 0 Å². The van der Waals surface area contributed by atoms with Crippen LogP contribution in [-0.2, 0) is 6.54 Å². The molecule has 0 unspecified atom stereocenters. The summed E-state index contributed by atoms with van der Waals surface area (Å²) in [6.45, 7) is 9.12. The molecule has 0 aliphatic rings. The van der Waals surface area contributed by atoms with Gasteiger partial charge in [-0.2, -0.15) is 5.10 Å². The molecule has 0 atom stereocenters. The van der Waals surface area contributed by atoms with Crippen LogP contribution in [0.2, 0.25) is 0 Å². The minimum Gasteiger partial charge on any atom is -0.423 e. The smallest absolute Gasteiger partial charge is 0.336 e. The van der Waals surface area contributed by atoms with Crippen molar-refractivity contribution in [3.8, 4) is 0 Å². The molecule has 0 bridgehead atoms. The predicted molar refractivity (Wildman–Crippen MR) is 110 cm³/mol. The highest BCUT2D eigenvalue weighted by atomic mass is 16.4. The monoisotopic (exact) mass is 382 g/mol. The highest BCUT2D eigenvalue weighted by Gasteiger charge is 2.13. The molecule has 0 aliphatic carbocycles. The second-order valence-corrected chi connectivity index (χ2v) is 7.27. The third-order valence-corrected chi connectivity index (χ3v) is 4.85. The van der Waals surface area contributed by atoms with Crippen molar-refractivity contribution >= 4 is 22.7 Å². The van der Waals surface area contributed by atoms with E-state index in [0.29, 0.717) is 17.8 Å². The van der Waals surface area contributed by atoms with Gasteiger partial charge in [0.15, 0.2) is 0 Å². The zero-order valence-electron chi connectivity index (χ0n) is 17.0. The van der Waals surface area contributed by atoms with Crippen molar-refractivity contribution in [2.75, 3.05) is 18.9 Å². The number of hydrogen-bond acceptors (Lipinski definition) is 4. The maximum atomic E-state index is 12.6.